The third kappa shape index (κ3) is 2.96. The molecule has 3 heteroatoms. The third-order valence-corrected chi connectivity index (χ3v) is 6.32. The SMILES string of the molecule is CCc1ccc([C@H]2Nc3ccc4ncccc4c3C3=C2C(=O)CC(C)(C)C3)cc1. The number of nitrogens with zero attached hydrogens (tertiary/aromatic N) is 1. The average Bonchev–Trinajstić information content (AvgIpc) is 2.72. The topological polar surface area (TPSA) is 42.0 Å². The van der Waals surface area contributed by atoms with Crippen LogP contribution in [-0.2, 0) is 11.2 Å². The fourth-order valence-corrected chi connectivity index (χ4v) is 4.91. The summed E-state index contributed by atoms with van der Waals surface area (Å²) in [6.45, 7) is 6.56. The Labute approximate surface area is 171 Å². The molecule has 3 nitrogen and oxygen atoms in total. The second-order valence-corrected chi connectivity index (χ2v) is 9.06. The van der Waals surface area contributed by atoms with Gasteiger partial charge in [-0.15, -0.1) is 0 Å². The van der Waals surface area contributed by atoms with Gasteiger partial charge in [0.1, 0.15) is 0 Å². The molecule has 1 aromatic heterocycles. The van der Waals surface area contributed by atoms with Crippen molar-refractivity contribution < 1.29 is 4.79 Å². The lowest BCUT2D eigenvalue weighted by Gasteiger charge is -2.40. The fraction of sp³-hybridized carbons (Fsp3) is 0.308. The number of hydrogen-bond acceptors (Lipinski definition) is 3. The predicted octanol–water partition coefficient (Wildman–Crippen LogP) is 6.11. The van der Waals surface area contributed by atoms with Crippen LogP contribution in [0.4, 0.5) is 5.69 Å². The molecular formula is C26H26N2O. The second-order valence-electron chi connectivity index (χ2n) is 9.06. The van der Waals surface area contributed by atoms with Crippen LogP contribution in [0, 0.1) is 5.41 Å². The minimum absolute atomic E-state index is 0.0362. The van der Waals surface area contributed by atoms with Gasteiger partial charge in [0.25, 0.3) is 0 Å². The van der Waals surface area contributed by atoms with Gasteiger partial charge < -0.3 is 5.32 Å². The molecule has 0 bridgehead atoms. The molecule has 3 aromatic rings. The number of fused-ring (bicyclic) bond motifs is 4. The van der Waals surface area contributed by atoms with Gasteiger partial charge in [0.05, 0.1) is 11.6 Å². The van der Waals surface area contributed by atoms with Crippen molar-refractivity contribution in [1.29, 1.82) is 0 Å². The first-order valence-corrected chi connectivity index (χ1v) is 10.5. The molecule has 0 radical (unpaired) electrons. The number of pyridine rings is 1. The number of carbonyl (C=O) groups excluding carboxylic acids is 1. The zero-order valence-corrected chi connectivity index (χ0v) is 17.3. The van der Waals surface area contributed by atoms with Crippen molar-refractivity contribution in [2.24, 2.45) is 5.41 Å². The van der Waals surface area contributed by atoms with Crippen LogP contribution in [-0.4, -0.2) is 10.8 Å². The Bertz CT molecular complexity index is 1160. The number of aromatic nitrogens is 1. The molecule has 146 valence electrons. The molecule has 2 aliphatic rings. The summed E-state index contributed by atoms with van der Waals surface area (Å²) in [5.41, 5.74) is 7.80. The number of anilines is 1. The Hall–Kier alpha value is -2.94. The second kappa shape index (κ2) is 6.55. The molecule has 0 spiro atoms. The number of allylic oxidation sites excluding steroid dienone is 1. The van der Waals surface area contributed by atoms with E-state index >= 15 is 0 Å². The van der Waals surface area contributed by atoms with E-state index in [4.69, 9.17) is 0 Å². The molecule has 1 N–H and O–H groups in total. The van der Waals surface area contributed by atoms with Crippen molar-refractivity contribution >= 4 is 27.9 Å². The van der Waals surface area contributed by atoms with Crippen LogP contribution in [0.5, 0.6) is 0 Å². The normalized spacial score (nSPS) is 20.2. The number of aryl methyl sites for hydroxylation is 1. The van der Waals surface area contributed by atoms with Crippen molar-refractivity contribution in [2.75, 3.05) is 5.32 Å². The summed E-state index contributed by atoms with van der Waals surface area (Å²) in [5.74, 6) is 0.264. The predicted molar refractivity (Wildman–Crippen MR) is 119 cm³/mol. The monoisotopic (exact) mass is 382 g/mol. The number of nitrogens with one attached hydrogen (secondary N) is 1. The van der Waals surface area contributed by atoms with Crippen molar-refractivity contribution in [3.05, 3.63) is 77.0 Å². The van der Waals surface area contributed by atoms with E-state index in [-0.39, 0.29) is 17.2 Å². The van der Waals surface area contributed by atoms with E-state index in [1.807, 2.05) is 12.3 Å². The van der Waals surface area contributed by atoms with Crippen molar-refractivity contribution in [1.82, 2.24) is 4.98 Å². The van der Waals surface area contributed by atoms with Gasteiger partial charge in [0.15, 0.2) is 5.78 Å². The van der Waals surface area contributed by atoms with E-state index < -0.39 is 0 Å². The zero-order chi connectivity index (χ0) is 20.2. The largest absolute Gasteiger partial charge is 0.373 e. The van der Waals surface area contributed by atoms with Gasteiger partial charge in [-0.2, -0.15) is 0 Å². The maximum Gasteiger partial charge on any atom is 0.162 e. The zero-order valence-electron chi connectivity index (χ0n) is 17.3. The molecule has 0 saturated carbocycles. The lowest BCUT2D eigenvalue weighted by Crippen LogP contribution is -2.33. The summed E-state index contributed by atoms with van der Waals surface area (Å²) in [6, 6.07) is 16.9. The number of ketones is 1. The Morgan fingerprint density at radius 1 is 1.07 bits per heavy atom. The molecule has 1 aliphatic heterocycles. The first-order chi connectivity index (χ1) is 14.0. The van der Waals surface area contributed by atoms with E-state index in [0.717, 1.165) is 46.1 Å². The van der Waals surface area contributed by atoms with Crippen molar-refractivity contribution in [3.63, 3.8) is 0 Å². The molecule has 0 fully saturated rings. The molecule has 5 rings (SSSR count). The van der Waals surface area contributed by atoms with Crippen LogP contribution < -0.4 is 5.32 Å². The van der Waals surface area contributed by atoms with Gasteiger partial charge in [0, 0.05) is 34.8 Å². The van der Waals surface area contributed by atoms with E-state index in [2.05, 4.69) is 73.5 Å². The number of carbonyl (C=O) groups is 1. The van der Waals surface area contributed by atoms with E-state index in [1.165, 1.54) is 11.1 Å². The van der Waals surface area contributed by atoms with Gasteiger partial charge in [-0.05, 0) is 53.2 Å². The lowest BCUT2D eigenvalue weighted by molar-refractivity contribution is -0.118. The Balaban J connectivity index is 1.76. The minimum atomic E-state index is -0.0962. The number of rotatable bonds is 2. The molecular weight excluding hydrogens is 356 g/mol. The number of Topliss-reactive ketones (excluding diaryl/α,β-unsaturated/α-hetero) is 1. The Kier molecular flexibility index (Phi) is 4.09. The first kappa shape index (κ1) is 18.1. The van der Waals surface area contributed by atoms with Gasteiger partial charge in [-0.3, -0.25) is 9.78 Å². The van der Waals surface area contributed by atoms with Crippen LogP contribution in [0.1, 0.15) is 56.3 Å². The maximum absolute atomic E-state index is 13.4. The summed E-state index contributed by atoms with van der Waals surface area (Å²) in [5, 5.41) is 4.81. The molecule has 0 amide bonds. The van der Waals surface area contributed by atoms with E-state index in [9.17, 15) is 4.79 Å². The van der Waals surface area contributed by atoms with Crippen molar-refractivity contribution in [3.8, 4) is 0 Å². The quantitative estimate of drug-likeness (QED) is 0.582. The highest BCUT2D eigenvalue weighted by Gasteiger charge is 2.40. The van der Waals surface area contributed by atoms with Gasteiger partial charge in [0.2, 0.25) is 0 Å². The summed E-state index contributed by atoms with van der Waals surface area (Å²) in [4.78, 5) is 17.9. The molecule has 1 atom stereocenters. The molecule has 2 aromatic carbocycles. The highest BCUT2D eigenvalue weighted by Crippen LogP contribution is 2.51. The van der Waals surface area contributed by atoms with Gasteiger partial charge in [-0.25, -0.2) is 0 Å². The van der Waals surface area contributed by atoms with E-state index in [1.54, 1.807) is 0 Å². The molecule has 1 aliphatic carbocycles. The molecule has 2 heterocycles. The molecule has 0 unspecified atom stereocenters. The number of hydrogen-bond donors (Lipinski definition) is 1. The minimum Gasteiger partial charge on any atom is -0.373 e. The molecule has 0 saturated heterocycles. The molecule has 29 heavy (non-hydrogen) atoms. The summed E-state index contributed by atoms with van der Waals surface area (Å²) in [7, 11) is 0. The number of benzene rings is 2. The average molecular weight is 383 g/mol. The van der Waals surface area contributed by atoms with Crippen LogP contribution in [0.25, 0.3) is 16.5 Å². The fourth-order valence-electron chi connectivity index (χ4n) is 4.91. The highest BCUT2D eigenvalue weighted by molar-refractivity contribution is 6.12. The first-order valence-electron chi connectivity index (χ1n) is 10.5. The summed E-state index contributed by atoms with van der Waals surface area (Å²) in [6.07, 6.45) is 4.34. The standard InChI is InChI=1S/C26H26N2O/c1-4-16-7-9-17(10-8-16)25-24-19(14-26(2,3)15-22(24)29)23-18-6-5-13-27-20(18)11-12-21(23)28-25/h5-13,25,28H,4,14-15H2,1-3H3/t25-/m1/s1. The summed E-state index contributed by atoms with van der Waals surface area (Å²) < 4.78 is 0. The highest BCUT2D eigenvalue weighted by atomic mass is 16.1. The Morgan fingerprint density at radius 2 is 1.86 bits per heavy atom. The van der Waals surface area contributed by atoms with Crippen LogP contribution in [0.15, 0.2) is 60.3 Å². The maximum atomic E-state index is 13.4. The van der Waals surface area contributed by atoms with Gasteiger partial charge in [-0.1, -0.05) is 51.1 Å². The van der Waals surface area contributed by atoms with Crippen molar-refractivity contribution in [2.45, 2.75) is 46.1 Å². The Morgan fingerprint density at radius 3 is 2.62 bits per heavy atom. The van der Waals surface area contributed by atoms with Crippen LogP contribution in [0.3, 0.4) is 0 Å². The summed E-state index contributed by atoms with van der Waals surface area (Å²) >= 11 is 0. The van der Waals surface area contributed by atoms with Gasteiger partial charge >= 0.3 is 0 Å². The third-order valence-electron chi connectivity index (χ3n) is 6.32. The lowest BCUT2D eigenvalue weighted by atomic mass is 9.68. The van der Waals surface area contributed by atoms with E-state index in [0.29, 0.717) is 6.42 Å². The smallest absolute Gasteiger partial charge is 0.162 e. The van der Waals surface area contributed by atoms with Crippen LogP contribution in [0.2, 0.25) is 0 Å². The van der Waals surface area contributed by atoms with Crippen LogP contribution >= 0.6 is 0 Å².